The van der Waals surface area contributed by atoms with Gasteiger partial charge in [0, 0.05) is 10.9 Å². The van der Waals surface area contributed by atoms with E-state index in [0.29, 0.717) is 16.3 Å². The first kappa shape index (κ1) is 13.4. The Labute approximate surface area is 113 Å². The van der Waals surface area contributed by atoms with E-state index in [-0.39, 0.29) is 22.5 Å². The summed E-state index contributed by atoms with van der Waals surface area (Å²) in [5.41, 5.74) is 0.642. The second kappa shape index (κ2) is 3.99. The summed E-state index contributed by atoms with van der Waals surface area (Å²) in [6.45, 7) is 8.53. The van der Waals surface area contributed by atoms with Crippen LogP contribution >= 0.6 is 11.6 Å². The Hall–Kier alpha value is -1.02. The first-order valence-corrected chi connectivity index (χ1v) is 6.49. The molecule has 1 fully saturated rings. The molecule has 0 aliphatic heterocycles. The van der Waals surface area contributed by atoms with Gasteiger partial charge in [0.25, 0.3) is 0 Å². The van der Waals surface area contributed by atoms with Crippen LogP contribution in [0.4, 0.5) is 0 Å². The highest BCUT2D eigenvalue weighted by Crippen LogP contribution is 2.69. The van der Waals surface area contributed by atoms with Crippen LogP contribution in [0.3, 0.4) is 0 Å². The first-order valence-electron chi connectivity index (χ1n) is 6.11. The Balaban J connectivity index is 2.40. The lowest BCUT2D eigenvalue weighted by molar-refractivity contribution is 0.0942. The van der Waals surface area contributed by atoms with E-state index in [1.807, 2.05) is 0 Å². The zero-order chi connectivity index (χ0) is 13.7. The molecular weight excluding hydrogens is 248 g/mol. The van der Waals surface area contributed by atoms with E-state index in [1.165, 1.54) is 0 Å². The minimum atomic E-state index is 0.0252. The van der Waals surface area contributed by atoms with E-state index >= 15 is 0 Å². The van der Waals surface area contributed by atoms with Gasteiger partial charge in [0.05, 0.1) is 12.7 Å². The number of carbonyl (C=O) groups excluding carboxylic acids is 1. The number of hydrogen-bond donors (Lipinski definition) is 0. The molecule has 0 spiro atoms. The highest BCUT2D eigenvalue weighted by molar-refractivity contribution is 6.31. The Morgan fingerprint density at radius 2 is 1.78 bits per heavy atom. The fourth-order valence-corrected chi connectivity index (χ4v) is 3.05. The Morgan fingerprint density at radius 3 is 2.22 bits per heavy atom. The molecule has 1 aliphatic carbocycles. The summed E-state index contributed by atoms with van der Waals surface area (Å²) >= 11 is 5.98. The van der Waals surface area contributed by atoms with Gasteiger partial charge in [-0.1, -0.05) is 39.3 Å². The summed E-state index contributed by atoms with van der Waals surface area (Å²) in [6.07, 6.45) is 0. The van der Waals surface area contributed by atoms with Gasteiger partial charge in [0.2, 0.25) is 0 Å². The van der Waals surface area contributed by atoms with Crippen molar-refractivity contribution in [2.45, 2.75) is 27.7 Å². The number of ketones is 1. The molecule has 0 bridgehead atoms. The third-order valence-corrected chi connectivity index (χ3v) is 4.94. The third-order valence-electron chi connectivity index (χ3n) is 4.71. The second-order valence-electron chi connectivity index (χ2n) is 6.09. The van der Waals surface area contributed by atoms with E-state index in [9.17, 15) is 4.79 Å². The van der Waals surface area contributed by atoms with Crippen LogP contribution in [0.5, 0.6) is 5.75 Å². The number of methoxy groups -OCH3 is 1. The highest BCUT2D eigenvalue weighted by atomic mass is 35.5. The van der Waals surface area contributed by atoms with E-state index in [4.69, 9.17) is 16.3 Å². The molecule has 1 aliphatic rings. The zero-order valence-electron chi connectivity index (χ0n) is 11.5. The fourth-order valence-electron chi connectivity index (χ4n) is 2.88. The lowest BCUT2D eigenvalue weighted by Crippen LogP contribution is -2.09. The molecule has 0 unspecified atom stereocenters. The molecule has 0 atom stereocenters. The molecule has 0 N–H and O–H groups in total. The van der Waals surface area contributed by atoms with Gasteiger partial charge in [0.1, 0.15) is 5.75 Å². The molecule has 1 aromatic rings. The maximum atomic E-state index is 12.6. The molecule has 2 nitrogen and oxygen atoms in total. The summed E-state index contributed by atoms with van der Waals surface area (Å²) in [5, 5.41) is 0.565. The molecule has 0 radical (unpaired) electrons. The summed E-state index contributed by atoms with van der Waals surface area (Å²) < 4.78 is 5.26. The van der Waals surface area contributed by atoms with Crippen molar-refractivity contribution in [3.05, 3.63) is 28.8 Å². The normalized spacial score (nSPS) is 20.6. The standard InChI is InChI=1S/C15H19ClO2/c1-14(2)13(15(14,3)4)12(17)10-8-9(16)6-7-11(10)18-5/h6-8,13H,1-5H3. The van der Waals surface area contributed by atoms with Crippen LogP contribution in [0.25, 0.3) is 0 Å². The molecule has 0 aromatic heterocycles. The molecule has 0 heterocycles. The molecule has 0 saturated heterocycles. The van der Waals surface area contributed by atoms with Crippen molar-refractivity contribution in [2.24, 2.45) is 16.7 Å². The molecule has 2 rings (SSSR count). The minimum Gasteiger partial charge on any atom is -0.496 e. The van der Waals surface area contributed by atoms with Gasteiger partial charge in [-0.3, -0.25) is 4.79 Å². The van der Waals surface area contributed by atoms with Gasteiger partial charge in [-0.25, -0.2) is 0 Å². The van der Waals surface area contributed by atoms with E-state index in [0.717, 1.165) is 0 Å². The predicted octanol–water partition coefficient (Wildman–Crippen LogP) is 4.21. The number of ether oxygens (including phenoxy) is 1. The lowest BCUT2D eigenvalue weighted by Gasteiger charge is -2.09. The Bertz CT molecular complexity index is 489. The van der Waals surface area contributed by atoms with Crippen LogP contribution in [0.1, 0.15) is 38.1 Å². The molecular formula is C15H19ClO2. The van der Waals surface area contributed by atoms with Crippen molar-refractivity contribution >= 4 is 17.4 Å². The van der Waals surface area contributed by atoms with Gasteiger partial charge in [-0.2, -0.15) is 0 Å². The molecule has 1 aromatic carbocycles. The monoisotopic (exact) mass is 266 g/mol. The molecule has 3 heteroatoms. The van der Waals surface area contributed by atoms with E-state index in [2.05, 4.69) is 27.7 Å². The quantitative estimate of drug-likeness (QED) is 0.766. The fraction of sp³-hybridized carbons (Fsp3) is 0.533. The zero-order valence-corrected chi connectivity index (χ0v) is 12.3. The highest BCUT2D eigenvalue weighted by Gasteiger charge is 2.68. The number of rotatable bonds is 3. The number of halogens is 1. The summed E-state index contributed by atoms with van der Waals surface area (Å²) in [7, 11) is 1.57. The molecule has 0 amide bonds. The van der Waals surface area contributed by atoms with Crippen molar-refractivity contribution in [1.29, 1.82) is 0 Å². The van der Waals surface area contributed by atoms with Crippen LogP contribution in [-0.4, -0.2) is 12.9 Å². The van der Waals surface area contributed by atoms with Crippen molar-refractivity contribution in [2.75, 3.05) is 7.11 Å². The molecule has 18 heavy (non-hydrogen) atoms. The Kier molecular flexibility index (Phi) is 2.97. The van der Waals surface area contributed by atoms with Crippen LogP contribution < -0.4 is 4.74 Å². The average Bonchev–Trinajstić information content (AvgIpc) is 2.68. The average molecular weight is 267 g/mol. The van der Waals surface area contributed by atoms with Gasteiger partial charge in [-0.05, 0) is 29.0 Å². The largest absolute Gasteiger partial charge is 0.496 e. The van der Waals surface area contributed by atoms with E-state index < -0.39 is 0 Å². The maximum absolute atomic E-state index is 12.6. The van der Waals surface area contributed by atoms with Crippen LogP contribution in [0, 0.1) is 16.7 Å². The maximum Gasteiger partial charge on any atom is 0.170 e. The molecule has 98 valence electrons. The number of hydrogen-bond acceptors (Lipinski definition) is 2. The first-order chi connectivity index (χ1) is 8.23. The van der Waals surface area contributed by atoms with E-state index in [1.54, 1.807) is 25.3 Å². The summed E-state index contributed by atoms with van der Waals surface area (Å²) in [5.74, 6) is 0.754. The van der Waals surface area contributed by atoms with Gasteiger partial charge < -0.3 is 4.74 Å². The molecule has 1 saturated carbocycles. The van der Waals surface area contributed by atoms with Crippen molar-refractivity contribution < 1.29 is 9.53 Å². The topological polar surface area (TPSA) is 26.3 Å². The number of Topliss-reactive ketones (excluding diaryl/α,β-unsaturated/α-hetero) is 1. The number of carbonyl (C=O) groups is 1. The van der Waals surface area contributed by atoms with Gasteiger partial charge in [-0.15, -0.1) is 0 Å². The van der Waals surface area contributed by atoms with Crippen molar-refractivity contribution in [3.8, 4) is 5.75 Å². The van der Waals surface area contributed by atoms with Gasteiger partial charge >= 0.3 is 0 Å². The predicted molar refractivity (Wildman–Crippen MR) is 73.4 cm³/mol. The van der Waals surface area contributed by atoms with Crippen LogP contribution in [0.2, 0.25) is 5.02 Å². The van der Waals surface area contributed by atoms with Crippen molar-refractivity contribution in [1.82, 2.24) is 0 Å². The SMILES string of the molecule is COc1ccc(Cl)cc1C(=O)C1C(C)(C)C1(C)C. The Morgan fingerprint density at radius 1 is 1.22 bits per heavy atom. The van der Waals surface area contributed by atoms with Gasteiger partial charge in [0.15, 0.2) is 5.78 Å². The van der Waals surface area contributed by atoms with Crippen molar-refractivity contribution in [3.63, 3.8) is 0 Å². The summed E-state index contributed by atoms with van der Waals surface area (Å²) in [4.78, 5) is 12.6. The lowest BCUT2D eigenvalue weighted by atomic mass is 10.0. The smallest absolute Gasteiger partial charge is 0.170 e. The number of benzene rings is 1. The summed E-state index contributed by atoms with van der Waals surface area (Å²) in [6, 6.07) is 5.19. The second-order valence-corrected chi connectivity index (χ2v) is 6.52. The van der Waals surface area contributed by atoms with Crippen LogP contribution in [-0.2, 0) is 0 Å². The third kappa shape index (κ3) is 1.74. The van der Waals surface area contributed by atoms with Crippen LogP contribution in [0.15, 0.2) is 18.2 Å². The minimum absolute atomic E-state index is 0.0252.